The van der Waals surface area contributed by atoms with Crippen LogP contribution < -0.4 is 10.1 Å². The zero-order valence-corrected chi connectivity index (χ0v) is 15.0. The third kappa shape index (κ3) is 3.74. The van der Waals surface area contributed by atoms with Crippen molar-refractivity contribution in [2.75, 3.05) is 5.32 Å². The van der Waals surface area contributed by atoms with Gasteiger partial charge in [0.05, 0.1) is 18.0 Å². The number of halogens is 1. The van der Waals surface area contributed by atoms with Gasteiger partial charge in [-0.1, -0.05) is 18.0 Å². The third-order valence-electron chi connectivity index (χ3n) is 4.68. The molecule has 5 nitrogen and oxygen atoms in total. The van der Waals surface area contributed by atoms with Crippen molar-refractivity contribution in [3.8, 4) is 5.75 Å². The van der Waals surface area contributed by atoms with E-state index in [1.165, 1.54) is 0 Å². The number of nitrogens with one attached hydrogen (secondary N) is 1. The van der Waals surface area contributed by atoms with E-state index in [0.717, 1.165) is 53.7 Å². The lowest BCUT2D eigenvalue weighted by molar-refractivity contribution is 0.00694. The fourth-order valence-electron chi connectivity index (χ4n) is 3.30. The Morgan fingerprint density at radius 1 is 1.08 bits per heavy atom. The highest BCUT2D eigenvalue weighted by Gasteiger charge is 2.24. The van der Waals surface area contributed by atoms with Crippen LogP contribution >= 0.6 is 11.6 Å². The first kappa shape index (κ1) is 17.1. The summed E-state index contributed by atoms with van der Waals surface area (Å²) in [5.41, 5.74) is 0.819. The van der Waals surface area contributed by atoms with Gasteiger partial charge < -0.3 is 15.2 Å². The van der Waals surface area contributed by atoms with Crippen LogP contribution in [0.5, 0.6) is 5.75 Å². The quantitative estimate of drug-likeness (QED) is 0.652. The first-order valence-electron chi connectivity index (χ1n) is 8.81. The molecular formula is C20H20ClN3O2. The van der Waals surface area contributed by atoms with Crippen LogP contribution in [0.1, 0.15) is 25.7 Å². The van der Waals surface area contributed by atoms with E-state index in [4.69, 9.17) is 16.3 Å². The minimum Gasteiger partial charge on any atom is -0.488 e. The zero-order chi connectivity index (χ0) is 17.9. The summed E-state index contributed by atoms with van der Waals surface area (Å²) in [6, 6.07) is 11.4. The molecule has 1 aromatic carbocycles. The van der Waals surface area contributed by atoms with Crippen molar-refractivity contribution in [3.05, 3.63) is 53.9 Å². The lowest BCUT2D eigenvalue weighted by atomic mass is 9.95. The Morgan fingerprint density at radius 2 is 1.96 bits per heavy atom. The summed E-state index contributed by atoms with van der Waals surface area (Å²) in [5, 5.41) is 15.8. The maximum Gasteiger partial charge on any atom is 0.138 e. The van der Waals surface area contributed by atoms with E-state index in [0.29, 0.717) is 5.15 Å². The average molecular weight is 370 g/mol. The van der Waals surface area contributed by atoms with Gasteiger partial charge >= 0.3 is 0 Å². The van der Waals surface area contributed by atoms with Crippen LogP contribution in [0, 0.1) is 0 Å². The summed E-state index contributed by atoms with van der Waals surface area (Å²) in [4.78, 5) is 8.50. The number of pyridine rings is 2. The summed E-state index contributed by atoms with van der Waals surface area (Å²) in [6.45, 7) is 0. The molecule has 0 aliphatic heterocycles. The third-order valence-corrected chi connectivity index (χ3v) is 4.90. The Labute approximate surface area is 157 Å². The molecule has 2 atom stereocenters. The SMILES string of the molecule is OC1CCCCC1Oc1ccc2c(Nc3ccc(Cl)nc3)nccc2c1. The predicted octanol–water partition coefficient (Wildman–Crippen LogP) is 4.71. The monoisotopic (exact) mass is 369 g/mol. The number of hydrogen-bond donors (Lipinski definition) is 2. The van der Waals surface area contributed by atoms with Crippen molar-refractivity contribution >= 4 is 33.9 Å². The van der Waals surface area contributed by atoms with Crippen molar-refractivity contribution in [2.45, 2.75) is 37.9 Å². The first-order valence-corrected chi connectivity index (χ1v) is 9.19. The number of anilines is 2. The topological polar surface area (TPSA) is 67.3 Å². The standard InChI is InChI=1S/C20H20ClN3O2/c21-19-8-5-14(12-23-19)24-20-16-7-6-15(11-13(16)9-10-22-20)26-18-4-2-1-3-17(18)25/h5-12,17-18,25H,1-4H2,(H,22,24). The van der Waals surface area contributed by atoms with E-state index in [9.17, 15) is 5.11 Å². The summed E-state index contributed by atoms with van der Waals surface area (Å²) in [5.74, 6) is 1.52. The van der Waals surface area contributed by atoms with Gasteiger partial charge in [0.15, 0.2) is 0 Å². The minimum absolute atomic E-state index is 0.124. The summed E-state index contributed by atoms with van der Waals surface area (Å²) in [7, 11) is 0. The van der Waals surface area contributed by atoms with Gasteiger partial charge in [-0.2, -0.15) is 0 Å². The molecule has 6 heteroatoms. The molecule has 2 heterocycles. The van der Waals surface area contributed by atoms with Gasteiger partial charge in [-0.25, -0.2) is 9.97 Å². The van der Waals surface area contributed by atoms with Gasteiger partial charge in [0.2, 0.25) is 0 Å². The number of aliphatic hydroxyl groups excluding tert-OH is 1. The van der Waals surface area contributed by atoms with Crippen LogP contribution in [0.15, 0.2) is 48.8 Å². The Balaban J connectivity index is 1.58. The average Bonchev–Trinajstić information content (AvgIpc) is 2.65. The molecular weight excluding hydrogens is 350 g/mol. The Bertz CT molecular complexity index is 901. The van der Waals surface area contributed by atoms with E-state index in [1.807, 2.05) is 30.3 Å². The Hall–Kier alpha value is -2.37. The molecule has 0 saturated heterocycles. The number of nitrogens with zero attached hydrogens (tertiary/aromatic N) is 2. The summed E-state index contributed by atoms with van der Waals surface area (Å²) in [6.07, 6.45) is 6.80. The molecule has 26 heavy (non-hydrogen) atoms. The van der Waals surface area contributed by atoms with Gasteiger partial charge in [0, 0.05) is 11.6 Å². The van der Waals surface area contributed by atoms with E-state index in [2.05, 4.69) is 15.3 Å². The van der Waals surface area contributed by atoms with Crippen LogP contribution in [0.3, 0.4) is 0 Å². The molecule has 1 fully saturated rings. The molecule has 134 valence electrons. The molecule has 0 spiro atoms. The molecule has 1 saturated carbocycles. The van der Waals surface area contributed by atoms with Gasteiger partial charge in [0.25, 0.3) is 0 Å². The van der Waals surface area contributed by atoms with Crippen molar-refractivity contribution in [1.29, 1.82) is 0 Å². The molecule has 2 aromatic heterocycles. The maximum atomic E-state index is 10.1. The predicted molar refractivity (Wildman–Crippen MR) is 103 cm³/mol. The lowest BCUT2D eigenvalue weighted by Crippen LogP contribution is -2.34. The fraction of sp³-hybridized carbons (Fsp3) is 0.300. The minimum atomic E-state index is -0.383. The molecule has 2 N–H and O–H groups in total. The van der Waals surface area contributed by atoms with Crippen molar-refractivity contribution < 1.29 is 9.84 Å². The van der Waals surface area contributed by atoms with Crippen molar-refractivity contribution in [2.24, 2.45) is 0 Å². The second-order valence-electron chi connectivity index (χ2n) is 6.55. The number of fused-ring (bicyclic) bond motifs is 1. The highest BCUT2D eigenvalue weighted by Crippen LogP contribution is 2.30. The smallest absolute Gasteiger partial charge is 0.138 e. The zero-order valence-electron chi connectivity index (χ0n) is 14.2. The Morgan fingerprint density at radius 3 is 2.77 bits per heavy atom. The molecule has 2 unspecified atom stereocenters. The van der Waals surface area contributed by atoms with Crippen LogP contribution in [0.25, 0.3) is 10.8 Å². The fourth-order valence-corrected chi connectivity index (χ4v) is 3.42. The largest absolute Gasteiger partial charge is 0.488 e. The number of aromatic nitrogens is 2. The number of benzene rings is 1. The second-order valence-corrected chi connectivity index (χ2v) is 6.93. The van der Waals surface area contributed by atoms with Gasteiger partial charge in [-0.05, 0) is 61.0 Å². The highest BCUT2D eigenvalue weighted by molar-refractivity contribution is 6.29. The molecule has 3 aromatic rings. The molecule has 4 rings (SSSR count). The lowest BCUT2D eigenvalue weighted by Gasteiger charge is -2.28. The van der Waals surface area contributed by atoms with Crippen LogP contribution in [-0.4, -0.2) is 27.3 Å². The second kappa shape index (κ2) is 7.48. The number of aliphatic hydroxyl groups is 1. The summed E-state index contributed by atoms with van der Waals surface area (Å²) < 4.78 is 6.03. The Kier molecular flexibility index (Phi) is 4.91. The van der Waals surface area contributed by atoms with Crippen LogP contribution in [-0.2, 0) is 0 Å². The van der Waals surface area contributed by atoms with Crippen molar-refractivity contribution in [3.63, 3.8) is 0 Å². The molecule has 0 amide bonds. The number of rotatable bonds is 4. The normalized spacial score (nSPS) is 20.1. The van der Waals surface area contributed by atoms with E-state index in [1.54, 1.807) is 18.5 Å². The van der Waals surface area contributed by atoms with E-state index in [-0.39, 0.29) is 12.2 Å². The van der Waals surface area contributed by atoms with Gasteiger partial charge in [0.1, 0.15) is 22.8 Å². The van der Waals surface area contributed by atoms with E-state index < -0.39 is 0 Å². The highest BCUT2D eigenvalue weighted by atomic mass is 35.5. The molecule has 1 aliphatic rings. The molecule has 1 aliphatic carbocycles. The van der Waals surface area contributed by atoms with Crippen molar-refractivity contribution in [1.82, 2.24) is 9.97 Å². The van der Waals surface area contributed by atoms with Crippen LogP contribution in [0.4, 0.5) is 11.5 Å². The number of hydrogen-bond acceptors (Lipinski definition) is 5. The van der Waals surface area contributed by atoms with Gasteiger partial charge in [-0.3, -0.25) is 0 Å². The maximum absolute atomic E-state index is 10.1. The van der Waals surface area contributed by atoms with Crippen LogP contribution in [0.2, 0.25) is 5.15 Å². The van der Waals surface area contributed by atoms with Gasteiger partial charge in [-0.15, -0.1) is 0 Å². The molecule has 0 bridgehead atoms. The summed E-state index contributed by atoms with van der Waals surface area (Å²) >= 11 is 5.83. The first-order chi connectivity index (χ1) is 12.7. The molecule has 0 radical (unpaired) electrons. The van der Waals surface area contributed by atoms with E-state index >= 15 is 0 Å². The number of ether oxygens (including phenoxy) is 1.